The van der Waals surface area contributed by atoms with Crippen LogP contribution in [0.2, 0.25) is 0 Å². The molecule has 78 valence electrons. The van der Waals surface area contributed by atoms with E-state index in [2.05, 4.69) is 0 Å². The van der Waals surface area contributed by atoms with E-state index in [1.54, 1.807) is 0 Å². The summed E-state index contributed by atoms with van der Waals surface area (Å²) in [5.74, 6) is -0.594. The van der Waals surface area contributed by atoms with Crippen LogP contribution in [0.3, 0.4) is 0 Å². The van der Waals surface area contributed by atoms with Crippen molar-refractivity contribution in [3.05, 3.63) is 35.1 Å². The van der Waals surface area contributed by atoms with Crippen LogP contribution in [0.1, 0.15) is 17.2 Å². The fourth-order valence-corrected chi connectivity index (χ4v) is 1.03. The summed E-state index contributed by atoms with van der Waals surface area (Å²) in [4.78, 5) is 0. The van der Waals surface area contributed by atoms with E-state index >= 15 is 0 Å². The second kappa shape index (κ2) is 3.57. The fraction of sp³-hybridized carbons (Fsp3) is 0.333. The van der Waals surface area contributed by atoms with Crippen LogP contribution in [-0.4, -0.2) is 11.3 Å². The summed E-state index contributed by atoms with van der Waals surface area (Å²) >= 11 is 0. The van der Waals surface area contributed by atoms with Gasteiger partial charge in [-0.05, 0) is 24.1 Å². The maximum atomic E-state index is 12.7. The third kappa shape index (κ3) is 2.23. The molecule has 0 radical (unpaired) electrons. The maximum absolute atomic E-state index is 12.7. The monoisotopic (exact) mass is 208 g/mol. The highest BCUT2D eigenvalue weighted by Gasteiger charge is 2.39. The molecule has 0 aliphatic rings. The van der Waals surface area contributed by atoms with Gasteiger partial charge in [0.2, 0.25) is 0 Å². The van der Waals surface area contributed by atoms with Crippen molar-refractivity contribution in [2.45, 2.75) is 19.2 Å². The molecule has 0 fully saturated rings. The maximum Gasteiger partial charge on any atom is 0.418 e. The van der Waals surface area contributed by atoms with Crippen LogP contribution in [0, 0.1) is 12.7 Å². The fourth-order valence-electron chi connectivity index (χ4n) is 1.03. The first-order valence-corrected chi connectivity index (χ1v) is 3.83. The lowest BCUT2D eigenvalue weighted by Gasteiger charge is -2.15. The molecule has 0 amide bonds. The molecule has 0 bridgehead atoms. The third-order valence-electron chi connectivity index (χ3n) is 1.81. The molecule has 0 heterocycles. The Morgan fingerprint density at radius 3 is 2.29 bits per heavy atom. The molecule has 0 spiro atoms. The lowest BCUT2D eigenvalue weighted by Crippen LogP contribution is -2.20. The molecule has 0 saturated carbocycles. The molecule has 0 unspecified atom stereocenters. The van der Waals surface area contributed by atoms with Gasteiger partial charge in [-0.25, -0.2) is 4.39 Å². The number of aryl methyl sites for hydroxylation is 1. The predicted octanol–water partition coefficient (Wildman–Crippen LogP) is 2.73. The molecule has 1 atom stereocenters. The van der Waals surface area contributed by atoms with E-state index in [1.807, 2.05) is 0 Å². The van der Waals surface area contributed by atoms with E-state index in [9.17, 15) is 17.6 Å². The van der Waals surface area contributed by atoms with Crippen LogP contribution in [0.5, 0.6) is 0 Å². The minimum atomic E-state index is -4.72. The summed E-state index contributed by atoms with van der Waals surface area (Å²) in [5.41, 5.74) is -0.276. The summed E-state index contributed by atoms with van der Waals surface area (Å²) in [5, 5.41) is 8.82. The minimum Gasteiger partial charge on any atom is -0.379 e. The Hall–Kier alpha value is -1.10. The Morgan fingerprint density at radius 1 is 1.29 bits per heavy atom. The molecule has 5 heteroatoms. The van der Waals surface area contributed by atoms with Crippen LogP contribution in [0.25, 0.3) is 0 Å². The summed E-state index contributed by atoms with van der Waals surface area (Å²) < 4.78 is 48.8. The first-order chi connectivity index (χ1) is 6.32. The molecular formula is C9H8F4O. The van der Waals surface area contributed by atoms with Gasteiger partial charge in [-0.1, -0.05) is 12.1 Å². The highest BCUT2D eigenvalue weighted by atomic mass is 19.4. The number of rotatable bonds is 1. The average molecular weight is 208 g/mol. The van der Waals surface area contributed by atoms with E-state index in [-0.39, 0.29) is 11.1 Å². The number of hydrogen-bond donors (Lipinski definition) is 1. The van der Waals surface area contributed by atoms with Crippen molar-refractivity contribution < 1.29 is 22.7 Å². The number of benzene rings is 1. The van der Waals surface area contributed by atoms with Crippen LogP contribution in [0.4, 0.5) is 17.6 Å². The lowest BCUT2D eigenvalue weighted by molar-refractivity contribution is -0.206. The first kappa shape index (κ1) is 11.0. The second-order valence-electron chi connectivity index (χ2n) is 2.95. The van der Waals surface area contributed by atoms with Crippen molar-refractivity contribution in [1.29, 1.82) is 0 Å². The van der Waals surface area contributed by atoms with Gasteiger partial charge in [0.15, 0.2) is 6.10 Å². The normalized spacial score (nSPS) is 14.1. The summed E-state index contributed by atoms with van der Waals surface area (Å²) in [6.45, 7) is 1.34. The van der Waals surface area contributed by atoms with Gasteiger partial charge in [-0.2, -0.15) is 13.2 Å². The van der Waals surface area contributed by atoms with E-state index in [0.29, 0.717) is 0 Å². The molecule has 1 aromatic carbocycles. The second-order valence-corrected chi connectivity index (χ2v) is 2.95. The van der Waals surface area contributed by atoms with Gasteiger partial charge in [0.1, 0.15) is 5.82 Å². The number of halogens is 4. The lowest BCUT2D eigenvalue weighted by atomic mass is 10.1. The first-order valence-electron chi connectivity index (χ1n) is 3.83. The van der Waals surface area contributed by atoms with Gasteiger partial charge in [0.05, 0.1) is 0 Å². The van der Waals surface area contributed by atoms with E-state index in [4.69, 9.17) is 5.11 Å². The van der Waals surface area contributed by atoms with Crippen molar-refractivity contribution in [2.75, 3.05) is 0 Å². The molecule has 0 aromatic heterocycles. The van der Waals surface area contributed by atoms with Crippen molar-refractivity contribution in [3.63, 3.8) is 0 Å². The van der Waals surface area contributed by atoms with Gasteiger partial charge >= 0.3 is 6.18 Å². The molecule has 0 aliphatic carbocycles. The summed E-state index contributed by atoms with van der Waals surface area (Å²) in [6, 6.07) is 2.80. The van der Waals surface area contributed by atoms with E-state index in [0.717, 1.165) is 18.2 Å². The Morgan fingerprint density at radius 2 is 1.86 bits per heavy atom. The Kier molecular flexibility index (Phi) is 2.80. The molecule has 14 heavy (non-hydrogen) atoms. The third-order valence-corrected chi connectivity index (χ3v) is 1.81. The van der Waals surface area contributed by atoms with Crippen molar-refractivity contribution in [2.24, 2.45) is 0 Å². The molecule has 1 N–H and O–H groups in total. The van der Waals surface area contributed by atoms with Crippen LogP contribution >= 0.6 is 0 Å². The molecule has 1 aromatic rings. The number of hydrogen-bond acceptors (Lipinski definition) is 1. The van der Waals surface area contributed by atoms with Crippen LogP contribution in [0.15, 0.2) is 18.2 Å². The quantitative estimate of drug-likeness (QED) is 0.703. The topological polar surface area (TPSA) is 20.2 Å². The number of aliphatic hydroxyl groups excluding tert-OH is 1. The highest BCUT2D eigenvalue weighted by molar-refractivity contribution is 5.26. The van der Waals surface area contributed by atoms with Crippen molar-refractivity contribution in [1.82, 2.24) is 0 Å². The van der Waals surface area contributed by atoms with Crippen molar-refractivity contribution in [3.8, 4) is 0 Å². The average Bonchev–Trinajstić information content (AvgIpc) is 2.07. The molecule has 0 aliphatic heterocycles. The molecule has 1 rings (SSSR count). The highest BCUT2D eigenvalue weighted by Crippen LogP contribution is 2.32. The molecule has 0 saturated heterocycles. The van der Waals surface area contributed by atoms with E-state index in [1.165, 1.54) is 6.92 Å². The predicted molar refractivity (Wildman–Crippen MR) is 42.2 cm³/mol. The van der Waals surface area contributed by atoms with Gasteiger partial charge in [-0.15, -0.1) is 0 Å². The number of aliphatic hydroxyl groups is 1. The Bertz CT molecular complexity index is 332. The largest absolute Gasteiger partial charge is 0.418 e. The van der Waals surface area contributed by atoms with E-state index < -0.39 is 18.1 Å². The van der Waals surface area contributed by atoms with Gasteiger partial charge in [0, 0.05) is 0 Å². The zero-order chi connectivity index (χ0) is 10.9. The zero-order valence-corrected chi connectivity index (χ0v) is 7.27. The summed E-state index contributed by atoms with van der Waals surface area (Å²) in [7, 11) is 0. The SMILES string of the molecule is Cc1cc([C@H](O)C(F)(F)F)ccc1F. The van der Waals surface area contributed by atoms with Crippen molar-refractivity contribution >= 4 is 0 Å². The summed E-state index contributed by atoms with van der Waals surface area (Å²) in [6.07, 6.45) is -7.27. The smallest absolute Gasteiger partial charge is 0.379 e. The van der Waals surface area contributed by atoms with Crippen LogP contribution < -0.4 is 0 Å². The Labute approximate surface area is 78.0 Å². The van der Waals surface area contributed by atoms with Gasteiger partial charge < -0.3 is 5.11 Å². The zero-order valence-electron chi connectivity index (χ0n) is 7.27. The minimum absolute atomic E-state index is 0.0748. The molecular weight excluding hydrogens is 200 g/mol. The molecule has 1 nitrogen and oxygen atoms in total. The number of alkyl halides is 3. The van der Waals surface area contributed by atoms with Gasteiger partial charge in [0.25, 0.3) is 0 Å². The standard InChI is InChI=1S/C9H8F4O/c1-5-4-6(2-3-7(5)10)8(14)9(11,12)13/h2-4,8,14H,1H3/t8-/m0/s1. The Balaban J connectivity index is 3.03. The van der Waals surface area contributed by atoms with Crippen LogP contribution in [-0.2, 0) is 0 Å². The van der Waals surface area contributed by atoms with Gasteiger partial charge in [-0.3, -0.25) is 0 Å².